The summed E-state index contributed by atoms with van der Waals surface area (Å²) in [4.78, 5) is 2.44. The average Bonchev–Trinajstić information content (AvgIpc) is 2.66. The minimum atomic E-state index is -0.974. The third kappa shape index (κ3) is 3.12. The van der Waals surface area contributed by atoms with Crippen LogP contribution in [-0.4, -0.2) is 32.9 Å². The molecule has 25 heavy (non-hydrogen) atoms. The predicted molar refractivity (Wildman–Crippen MR) is 99.0 cm³/mol. The van der Waals surface area contributed by atoms with Gasteiger partial charge in [-0.2, -0.15) is 0 Å². The summed E-state index contributed by atoms with van der Waals surface area (Å²) >= 11 is 0. The van der Waals surface area contributed by atoms with Crippen molar-refractivity contribution in [1.29, 1.82) is 0 Å². The van der Waals surface area contributed by atoms with Crippen LogP contribution in [0.4, 0.5) is 0 Å². The fourth-order valence-electron chi connectivity index (χ4n) is 4.79. The molecule has 1 heterocycles. The van der Waals surface area contributed by atoms with Crippen molar-refractivity contribution in [3.8, 4) is 0 Å². The highest BCUT2D eigenvalue weighted by molar-refractivity contribution is 5.24. The highest BCUT2D eigenvalue weighted by atomic mass is 16.3. The van der Waals surface area contributed by atoms with Crippen LogP contribution < -0.4 is 0 Å². The van der Waals surface area contributed by atoms with E-state index in [1.165, 1.54) is 11.1 Å². The van der Waals surface area contributed by atoms with Gasteiger partial charge >= 0.3 is 0 Å². The maximum absolute atomic E-state index is 11.3. The normalized spacial score (nSPS) is 33.0. The molecule has 2 N–H and O–H groups in total. The summed E-state index contributed by atoms with van der Waals surface area (Å²) in [5.41, 5.74) is 1.51. The van der Waals surface area contributed by atoms with Crippen LogP contribution in [0, 0.1) is 0 Å². The maximum atomic E-state index is 11.3. The molecule has 3 heteroatoms. The van der Waals surface area contributed by atoms with Gasteiger partial charge in [0.05, 0.1) is 6.10 Å². The smallest absolute Gasteiger partial charge is 0.106 e. The number of hydrogen-bond donors (Lipinski definition) is 2. The summed E-state index contributed by atoms with van der Waals surface area (Å²) in [6.07, 6.45) is 3.69. The third-order valence-corrected chi connectivity index (χ3v) is 6.10. The molecule has 4 unspecified atom stereocenters. The molecule has 0 bridgehead atoms. The Labute approximate surface area is 149 Å². The number of rotatable bonds is 3. The van der Waals surface area contributed by atoms with E-state index >= 15 is 0 Å². The van der Waals surface area contributed by atoms with Crippen molar-refractivity contribution in [1.82, 2.24) is 4.90 Å². The zero-order valence-corrected chi connectivity index (χ0v) is 14.6. The number of fused-ring (bicyclic) bond motifs is 1. The molecule has 0 aromatic heterocycles. The molecular weight excluding hydrogens is 310 g/mol. The van der Waals surface area contributed by atoms with E-state index in [-0.39, 0.29) is 12.1 Å². The zero-order valence-electron chi connectivity index (χ0n) is 14.6. The van der Waals surface area contributed by atoms with Crippen molar-refractivity contribution in [3.05, 3.63) is 71.8 Å². The third-order valence-electron chi connectivity index (χ3n) is 6.10. The standard InChI is InChI=1S/C22H27NO2/c24-21-15-19(18-11-5-2-6-12-18)23(16-17-9-3-1-4-10-17)20-13-7-8-14-22(20,21)25/h1-6,9-12,19-21,24-25H,7-8,13-16H2. The van der Waals surface area contributed by atoms with E-state index < -0.39 is 11.7 Å². The Morgan fingerprint density at radius 3 is 2.36 bits per heavy atom. The van der Waals surface area contributed by atoms with Crippen LogP contribution in [0.1, 0.15) is 49.3 Å². The zero-order chi connectivity index (χ0) is 17.3. The summed E-state index contributed by atoms with van der Waals surface area (Å²) in [6, 6.07) is 21.0. The van der Waals surface area contributed by atoms with E-state index in [0.717, 1.165) is 25.8 Å². The van der Waals surface area contributed by atoms with Gasteiger partial charge in [0, 0.05) is 18.6 Å². The topological polar surface area (TPSA) is 43.7 Å². The van der Waals surface area contributed by atoms with Crippen LogP contribution in [0.3, 0.4) is 0 Å². The highest BCUT2D eigenvalue weighted by Gasteiger charge is 2.53. The van der Waals surface area contributed by atoms with E-state index in [1.807, 2.05) is 12.1 Å². The number of hydrogen-bond acceptors (Lipinski definition) is 3. The van der Waals surface area contributed by atoms with Gasteiger partial charge in [0.25, 0.3) is 0 Å². The molecular formula is C22H27NO2. The van der Waals surface area contributed by atoms with Gasteiger partial charge in [-0.1, -0.05) is 73.5 Å². The van der Waals surface area contributed by atoms with Crippen molar-refractivity contribution in [2.45, 2.75) is 62.4 Å². The molecule has 0 radical (unpaired) electrons. The Kier molecular flexibility index (Phi) is 4.63. The molecule has 132 valence electrons. The van der Waals surface area contributed by atoms with Crippen LogP contribution in [0.15, 0.2) is 60.7 Å². The molecule has 3 nitrogen and oxygen atoms in total. The summed E-state index contributed by atoms with van der Waals surface area (Å²) < 4.78 is 0. The first-order chi connectivity index (χ1) is 12.2. The van der Waals surface area contributed by atoms with Crippen molar-refractivity contribution < 1.29 is 10.2 Å². The van der Waals surface area contributed by atoms with Gasteiger partial charge in [0.1, 0.15) is 5.60 Å². The van der Waals surface area contributed by atoms with E-state index in [2.05, 4.69) is 53.4 Å². The van der Waals surface area contributed by atoms with E-state index in [0.29, 0.717) is 12.8 Å². The predicted octanol–water partition coefficient (Wildman–Crippen LogP) is 3.67. The van der Waals surface area contributed by atoms with Gasteiger partial charge < -0.3 is 10.2 Å². The lowest BCUT2D eigenvalue weighted by atomic mass is 9.70. The summed E-state index contributed by atoms with van der Waals surface area (Å²) in [5, 5.41) is 22.1. The summed E-state index contributed by atoms with van der Waals surface area (Å²) in [7, 11) is 0. The lowest BCUT2D eigenvalue weighted by Crippen LogP contribution is -2.65. The summed E-state index contributed by atoms with van der Waals surface area (Å²) in [5.74, 6) is 0. The number of aliphatic hydroxyl groups excluding tert-OH is 1. The van der Waals surface area contributed by atoms with E-state index in [4.69, 9.17) is 0 Å². The molecule has 2 aromatic rings. The number of likely N-dealkylation sites (tertiary alicyclic amines) is 1. The molecule has 1 aliphatic carbocycles. The minimum absolute atomic E-state index is 0.00964. The molecule has 1 saturated carbocycles. The SMILES string of the molecule is OC1CC(c2ccccc2)N(Cc2ccccc2)C2CCCCC12O. The fourth-order valence-corrected chi connectivity index (χ4v) is 4.79. The number of aliphatic hydroxyl groups is 2. The Balaban J connectivity index is 1.71. The molecule has 0 spiro atoms. The number of piperidine rings is 1. The molecule has 0 amide bonds. The molecule has 1 aliphatic heterocycles. The van der Waals surface area contributed by atoms with E-state index in [9.17, 15) is 10.2 Å². The van der Waals surface area contributed by atoms with Crippen molar-refractivity contribution in [3.63, 3.8) is 0 Å². The number of benzene rings is 2. The van der Waals surface area contributed by atoms with Crippen LogP contribution in [0.25, 0.3) is 0 Å². The molecule has 4 atom stereocenters. The van der Waals surface area contributed by atoms with Gasteiger partial charge in [0.2, 0.25) is 0 Å². The van der Waals surface area contributed by atoms with Gasteiger partial charge in [-0.15, -0.1) is 0 Å². The van der Waals surface area contributed by atoms with Gasteiger partial charge in [0.15, 0.2) is 0 Å². The first kappa shape index (κ1) is 16.8. The van der Waals surface area contributed by atoms with Gasteiger partial charge in [-0.25, -0.2) is 0 Å². The fraction of sp³-hybridized carbons (Fsp3) is 0.455. The van der Waals surface area contributed by atoms with Gasteiger partial charge in [-0.3, -0.25) is 4.90 Å². The Morgan fingerprint density at radius 1 is 0.960 bits per heavy atom. The monoisotopic (exact) mass is 337 g/mol. The molecule has 2 aromatic carbocycles. The van der Waals surface area contributed by atoms with Gasteiger partial charge in [-0.05, 0) is 30.4 Å². The van der Waals surface area contributed by atoms with Crippen LogP contribution in [-0.2, 0) is 6.54 Å². The average molecular weight is 337 g/mol. The second-order valence-corrected chi connectivity index (χ2v) is 7.59. The second-order valence-electron chi connectivity index (χ2n) is 7.59. The highest BCUT2D eigenvalue weighted by Crippen LogP contribution is 2.46. The Hall–Kier alpha value is -1.68. The summed E-state index contributed by atoms with van der Waals surface area (Å²) in [6.45, 7) is 0.806. The van der Waals surface area contributed by atoms with Crippen molar-refractivity contribution >= 4 is 0 Å². The molecule has 1 saturated heterocycles. The Bertz CT molecular complexity index is 690. The molecule has 4 rings (SSSR count). The largest absolute Gasteiger partial charge is 0.390 e. The molecule has 2 fully saturated rings. The van der Waals surface area contributed by atoms with Crippen LogP contribution >= 0.6 is 0 Å². The van der Waals surface area contributed by atoms with Crippen molar-refractivity contribution in [2.75, 3.05) is 0 Å². The Morgan fingerprint density at radius 2 is 1.64 bits per heavy atom. The van der Waals surface area contributed by atoms with E-state index in [1.54, 1.807) is 0 Å². The lowest BCUT2D eigenvalue weighted by molar-refractivity contribution is -0.191. The first-order valence-electron chi connectivity index (χ1n) is 9.43. The first-order valence-corrected chi connectivity index (χ1v) is 9.43. The second kappa shape index (κ2) is 6.91. The maximum Gasteiger partial charge on any atom is 0.106 e. The molecule has 2 aliphatic rings. The lowest BCUT2D eigenvalue weighted by Gasteiger charge is -2.55. The van der Waals surface area contributed by atoms with Crippen LogP contribution in [0.2, 0.25) is 0 Å². The minimum Gasteiger partial charge on any atom is -0.390 e. The number of nitrogens with zero attached hydrogens (tertiary/aromatic N) is 1. The van der Waals surface area contributed by atoms with Crippen LogP contribution in [0.5, 0.6) is 0 Å². The van der Waals surface area contributed by atoms with Crippen molar-refractivity contribution in [2.24, 2.45) is 0 Å². The quantitative estimate of drug-likeness (QED) is 0.898.